The summed E-state index contributed by atoms with van der Waals surface area (Å²) in [4.78, 5) is 0. The fourth-order valence-corrected chi connectivity index (χ4v) is 2.43. The summed E-state index contributed by atoms with van der Waals surface area (Å²) in [6.45, 7) is 5.78. The Morgan fingerprint density at radius 3 is 2.61 bits per heavy atom. The van der Waals surface area contributed by atoms with Crippen molar-refractivity contribution in [1.82, 2.24) is 5.32 Å². The second-order valence-electron chi connectivity index (χ2n) is 5.54. The Labute approximate surface area is 112 Å². The minimum absolute atomic E-state index is 0.441. The average Bonchev–Trinajstić information content (AvgIpc) is 3.23. The predicted octanol–water partition coefficient (Wildman–Crippen LogP) is 3.11. The van der Waals surface area contributed by atoms with E-state index in [2.05, 4.69) is 25.2 Å². The fraction of sp³-hybridized carbons (Fsp3) is 0.933. The molecule has 3 nitrogen and oxygen atoms in total. The number of nitriles is 1. The van der Waals surface area contributed by atoms with Gasteiger partial charge >= 0.3 is 0 Å². The first-order valence-electron chi connectivity index (χ1n) is 7.40. The number of ether oxygens (including phenoxy) is 1. The number of unbranched alkanes of at least 4 members (excludes halogenated alkanes) is 1. The molecule has 0 aromatic heterocycles. The normalized spacial score (nSPS) is 20.1. The highest BCUT2D eigenvalue weighted by atomic mass is 16.5. The summed E-state index contributed by atoms with van der Waals surface area (Å²) in [6.07, 6.45) is 7.25. The fourth-order valence-electron chi connectivity index (χ4n) is 2.43. The maximum Gasteiger partial charge on any atom is 0.132 e. The molecule has 0 aliphatic heterocycles. The maximum absolute atomic E-state index is 9.36. The van der Waals surface area contributed by atoms with Gasteiger partial charge in [0.15, 0.2) is 0 Å². The van der Waals surface area contributed by atoms with Crippen molar-refractivity contribution in [3.63, 3.8) is 0 Å². The minimum atomic E-state index is -0.441. The van der Waals surface area contributed by atoms with Crippen LogP contribution < -0.4 is 5.32 Å². The zero-order valence-electron chi connectivity index (χ0n) is 12.2. The van der Waals surface area contributed by atoms with E-state index in [1.807, 2.05) is 7.05 Å². The van der Waals surface area contributed by atoms with E-state index in [0.29, 0.717) is 18.4 Å². The Morgan fingerprint density at radius 1 is 1.44 bits per heavy atom. The molecule has 1 N–H and O–H groups in total. The molecule has 0 aromatic carbocycles. The zero-order chi connectivity index (χ0) is 13.4. The third kappa shape index (κ3) is 4.26. The van der Waals surface area contributed by atoms with Crippen LogP contribution in [0.4, 0.5) is 0 Å². The molecule has 1 aliphatic rings. The van der Waals surface area contributed by atoms with Crippen molar-refractivity contribution in [2.45, 2.75) is 57.9 Å². The number of nitrogens with one attached hydrogen (secondary N) is 1. The summed E-state index contributed by atoms with van der Waals surface area (Å²) in [5.41, 5.74) is -0.441. The molecule has 0 amide bonds. The molecular weight excluding hydrogens is 224 g/mol. The molecular formula is C15H28N2O. The van der Waals surface area contributed by atoms with Gasteiger partial charge in [-0.15, -0.1) is 0 Å². The van der Waals surface area contributed by atoms with Crippen LogP contribution in [0.15, 0.2) is 0 Å². The van der Waals surface area contributed by atoms with Crippen LogP contribution in [0, 0.1) is 23.2 Å². The highest BCUT2D eigenvalue weighted by molar-refractivity contribution is 5.14. The van der Waals surface area contributed by atoms with Gasteiger partial charge in [-0.1, -0.05) is 33.1 Å². The lowest BCUT2D eigenvalue weighted by atomic mass is 9.96. The lowest BCUT2D eigenvalue weighted by molar-refractivity contribution is 0.0554. The first-order valence-corrected chi connectivity index (χ1v) is 7.40. The van der Waals surface area contributed by atoms with Crippen molar-refractivity contribution >= 4 is 0 Å². The van der Waals surface area contributed by atoms with Crippen LogP contribution >= 0.6 is 0 Å². The van der Waals surface area contributed by atoms with Crippen LogP contribution in [0.3, 0.4) is 0 Å². The summed E-state index contributed by atoms with van der Waals surface area (Å²) < 4.78 is 5.85. The van der Waals surface area contributed by atoms with Crippen LogP contribution in [-0.4, -0.2) is 25.8 Å². The Balaban J connectivity index is 2.32. The van der Waals surface area contributed by atoms with Gasteiger partial charge in [0.1, 0.15) is 5.54 Å². The summed E-state index contributed by atoms with van der Waals surface area (Å²) in [5, 5.41) is 12.5. The monoisotopic (exact) mass is 252 g/mol. The predicted molar refractivity (Wildman–Crippen MR) is 74.3 cm³/mol. The Morgan fingerprint density at radius 2 is 2.17 bits per heavy atom. The van der Waals surface area contributed by atoms with Crippen LogP contribution in [0.2, 0.25) is 0 Å². The molecule has 18 heavy (non-hydrogen) atoms. The molecule has 1 fully saturated rings. The van der Waals surface area contributed by atoms with Crippen molar-refractivity contribution in [1.29, 1.82) is 5.26 Å². The van der Waals surface area contributed by atoms with Crippen LogP contribution in [0.1, 0.15) is 52.4 Å². The highest BCUT2D eigenvalue weighted by Gasteiger charge is 2.45. The van der Waals surface area contributed by atoms with Crippen molar-refractivity contribution in [2.24, 2.45) is 11.8 Å². The molecule has 2 atom stereocenters. The first-order chi connectivity index (χ1) is 8.72. The lowest BCUT2D eigenvalue weighted by Crippen LogP contribution is -2.48. The Kier molecular flexibility index (Phi) is 6.67. The number of likely N-dealkylation sites (N-methyl/N-ethyl adjacent to an activating group) is 1. The first kappa shape index (κ1) is 15.5. The smallest absolute Gasteiger partial charge is 0.132 e. The molecule has 0 bridgehead atoms. The SMILES string of the molecule is CCCCC(CC)COCC(C#N)(NC)C1CC1. The van der Waals surface area contributed by atoms with Gasteiger partial charge in [0.2, 0.25) is 0 Å². The van der Waals surface area contributed by atoms with Gasteiger partial charge in [0.25, 0.3) is 0 Å². The second kappa shape index (κ2) is 7.76. The van der Waals surface area contributed by atoms with Crippen molar-refractivity contribution in [3.05, 3.63) is 0 Å². The molecule has 0 saturated heterocycles. The molecule has 2 unspecified atom stereocenters. The van der Waals surface area contributed by atoms with Gasteiger partial charge in [-0.25, -0.2) is 0 Å². The van der Waals surface area contributed by atoms with Crippen molar-refractivity contribution < 1.29 is 4.74 Å². The Hall–Kier alpha value is -0.590. The van der Waals surface area contributed by atoms with E-state index in [9.17, 15) is 5.26 Å². The van der Waals surface area contributed by atoms with Gasteiger partial charge in [-0.3, -0.25) is 0 Å². The van der Waals surface area contributed by atoms with Crippen LogP contribution in [0.5, 0.6) is 0 Å². The van der Waals surface area contributed by atoms with Crippen molar-refractivity contribution in [3.8, 4) is 6.07 Å². The molecule has 104 valence electrons. The molecule has 0 spiro atoms. The quantitative estimate of drug-likeness (QED) is 0.650. The van der Waals surface area contributed by atoms with E-state index in [-0.39, 0.29) is 0 Å². The number of hydrogen-bond acceptors (Lipinski definition) is 3. The van der Waals surface area contributed by atoms with E-state index in [0.717, 1.165) is 19.4 Å². The van der Waals surface area contributed by atoms with E-state index in [4.69, 9.17) is 4.74 Å². The number of hydrogen-bond donors (Lipinski definition) is 1. The van der Waals surface area contributed by atoms with Gasteiger partial charge < -0.3 is 10.1 Å². The zero-order valence-corrected chi connectivity index (χ0v) is 12.2. The average molecular weight is 252 g/mol. The van der Waals surface area contributed by atoms with Crippen molar-refractivity contribution in [2.75, 3.05) is 20.3 Å². The minimum Gasteiger partial charge on any atom is -0.378 e. The maximum atomic E-state index is 9.36. The van der Waals surface area contributed by atoms with E-state index in [1.54, 1.807) is 0 Å². The lowest BCUT2D eigenvalue weighted by Gasteiger charge is -2.26. The molecule has 0 aromatic rings. The number of nitrogens with zero attached hydrogens (tertiary/aromatic N) is 1. The largest absolute Gasteiger partial charge is 0.378 e. The summed E-state index contributed by atoms with van der Waals surface area (Å²) >= 11 is 0. The van der Waals surface area contributed by atoms with Crippen LogP contribution in [0.25, 0.3) is 0 Å². The second-order valence-corrected chi connectivity index (χ2v) is 5.54. The molecule has 3 heteroatoms. The summed E-state index contributed by atoms with van der Waals surface area (Å²) in [7, 11) is 1.87. The van der Waals surface area contributed by atoms with E-state index < -0.39 is 5.54 Å². The topological polar surface area (TPSA) is 45.0 Å². The number of rotatable bonds is 10. The third-order valence-electron chi connectivity index (χ3n) is 4.15. The van der Waals surface area contributed by atoms with Gasteiger partial charge in [0, 0.05) is 6.61 Å². The van der Waals surface area contributed by atoms with Gasteiger partial charge in [0.05, 0.1) is 12.7 Å². The van der Waals surface area contributed by atoms with Gasteiger partial charge in [-0.2, -0.15) is 5.26 Å². The van der Waals surface area contributed by atoms with Gasteiger partial charge in [-0.05, 0) is 38.1 Å². The molecule has 1 rings (SSSR count). The summed E-state index contributed by atoms with van der Waals surface area (Å²) in [6, 6.07) is 2.43. The standard InChI is InChI=1S/C15H28N2O/c1-4-6-7-13(5-2)10-18-12-15(11-16,17-3)14-8-9-14/h13-14,17H,4-10,12H2,1-3H3. The molecule has 0 radical (unpaired) electrons. The molecule has 1 saturated carbocycles. The molecule has 0 heterocycles. The highest BCUT2D eigenvalue weighted by Crippen LogP contribution is 2.39. The van der Waals surface area contributed by atoms with Crippen LogP contribution in [-0.2, 0) is 4.74 Å². The molecule has 1 aliphatic carbocycles. The Bertz CT molecular complexity index is 270. The van der Waals surface area contributed by atoms with E-state index in [1.165, 1.54) is 25.7 Å². The summed E-state index contributed by atoms with van der Waals surface area (Å²) in [5.74, 6) is 1.14. The third-order valence-corrected chi connectivity index (χ3v) is 4.15. The van der Waals surface area contributed by atoms with E-state index >= 15 is 0 Å².